The Bertz CT molecular complexity index is 729. The fraction of sp³-hybridized carbons (Fsp3) is 0.417. The number of rotatable bonds is 2. The molecule has 0 fully saturated rings. The number of nitrogen functional groups attached to an aromatic ring is 1. The van der Waals surface area contributed by atoms with E-state index in [2.05, 4.69) is 15.0 Å². The van der Waals surface area contributed by atoms with Gasteiger partial charge in [0.2, 0.25) is 0 Å². The van der Waals surface area contributed by atoms with Gasteiger partial charge in [-0.1, -0.05) is 11.6 Å². The molecule has 1 aliphatic rings. The van der Waals surface area contributed by atoms with Crippen LogP contribution in [0.2, 0.25) is 0 Å². The molecule has 8 nitrogen and oxygen atoms in total. The van der Waals surface area contributed by atoms with E-state index in [1.807, 2.05) is 0 Å². The fourth-order valence-electron chi connectivity index (χ4n) is 2.63. The van der Waals surface area contributed by atoms with E-state index in [4.69, 9.17) is 17.3 Å². The van der Waals surface area contributed by atoms with Crippen LogP contribution < -0.4 is 5.73 Å². The Labute approximate surface area is 124 Å². The lowest BCUT2D eigenvalue weighted by Crippen LogP contribution is -2.31. The number of aliphatic hydroxyl groups excluding tert-OH is 3. The summed E-state index contributed by atoms with van der Waals surface area (Å²) in [4.78, 5) is 12.0. The number of aliphatic hydroxyl groups is 3. The van der Waals surface area contributed by atoms with Gasteiger partial charge in [-0.25, -0.2) is 15.0 Å². The Kier molecular flexibility index (Phi) is 3.33. The zero-order valence-electron chi connectivity index (χ0n) is 11.0. The number of halogens is 1. The minimum atomic E-state index is -1.25. The van der Waals surface area contributed by atoms with Gasteiger partial charge in [-0.05, 0) is 6.92 Å². The summed E-state index contributed by atoms with van der Waals surface area (Å²) in [7, 11) is 0. The molecule has 4 unspecified atom stereocenters. The number of hydrogen-bond acceptors (Lipinski definition) is 7. The molecule has 9 heteroatoms. The van der Waals surface area contributed by atoms with E-state index in [1.54, 1.807) is 0 Å². The number of hydrogen-bond donors (Lipinski definition) is 4. The van der Waals surface area contributed by atoms with Crippen molar-refractivity contribution in [2.45, 2.75) is 31.3 Å². The van der Waals surface area contributed by atoms with Crippen molar-refractivity contribution in [3.8, 4) is 0 Å². The van der Waals surface area contributed by atoms with E-state index >= 15 is 0 Å². The molecule has 0 aliphatic heterocycles. The van der Waals surface area contributed by atoms with Crippen LogP contribution in [0, 0.1) is 0 Å². The highest BCUT2D eigenvalue weighted by atomic mass is 35.5. The van der Waals surface area contributed by atoms with E-state index in [0.717, 1.165) is 0 Å². The molecule has 2 heterocycles. The lowest BCUT2D eigenvalue weighted by atomic mass is 10.1. The smallest absolute Gasteiger partial charge is 0.166 e. The van der Waals surface area contributed by atoms with Crippen molar-refractivity contribution in [2.75, 3.05) is 5.73 Å². The van der Waals surface area contributed by atoms with Crippen LogP contribution in [-0.4, -0.2) is 53.2 Å². The van der Waals surface area contributed by atoms with E-state index in [0.29, 0.717) is 11.2 Å². The van der Waals surface area contributed by atoms with Crippen molar-refractivity contribution < 1.29 is 15.3 Å². The molecular weight excluding hydrogens is 298 g/mol. The summed E-state index contributed by atoms with van der Waals surface area (Å²) in [6.45, 7) is 1.47. The molecular formula is C12H14ClN5O3. The van der Waals surface area contributed by atoms with Crippen molar-refractivity contribution in [2.24, 2.45) is 0 Å². The van der Waals surface area contributed by atoms with Gasteiger partial charge in [0.05, 0.1) is 12.4 Å². The third-order valence-corrected chi connectivity index (χ3v) is 4.08. The van der Waals surface area contributed by atoms with Gasteiger partial charge in [-0.3, -0.25) is 0 Å². The average Bonchev–Trinajstić information content (AvgIpc) is 2.92. The highest BCUT2D eigenvalue weighted by Gasteiger charge is 2.43. The first-order valence-electron chi connectivity index (χ1n) is 6.30. The third kappa shape index (κ3) is 1.99. The number of fused-ring (bicyclic) bond motifs is 1. The van der Waals surface area contributed by atoms with Gasteiger partial charge >= 0.3 is 0 Å². The molecule has 112 valence electrons. The second-order valence-electron chi connectivity index (χ2n) is 4.94. The molecule has 21 heavy (non-hydrogen) atoms. The van der Waals surface area contributed by atoms with Crippen LogP contribution in [0.25, 0.3) is 11.2 Å². The Morgan fingerprint density at radius 1 is 1.33 bits per heavy atom. The molecule has 0 bridgehead atoms. The van der Waals surface area contributed by atoms with E-state index < -0.39 is 24.4 Å². The highest BCUT2D eigenvalue weighted by molar-refractivity contribution is 6.31. The van der Waals surface area contributed by atoms with Gasteiger partial charge in [0.1, 0.15) is 30.1 Å². The SMILES string of the molecule is CC(O)C1=C(Cl)C(n2cnc3c(N)ncnc32)C(O)C1O. The largest absolute Gasteiger partial charge is 0.389 e. The fourth-order valence-corrected chi connectivity index (χ4v) is 3.13. The zero-order valence-corrected chi connectivity index (χ0v) is 11.8. The van der Waals surface area contributed by atoms with Gasteiger partial charge in [-0.2, -0.15) is 0 Å². The van der Waals surface area contributed by atoms with Crippen LogP contribution >= 0.6 is 11.6 Å². The molecule has 4 atom stereocenters. The average molecular weight is 312 g/mol. The first-order chi connectivity index (χ1) is 9.93. The van der Waals surface area contributed by atoms with Crippen molar-refractivity contribution in [3.63, 3.8) is 0 Å². The first-order valence-corrected chi connectivity index (χ1v) is 6.68. The molecule has 2 aromatic rings. The van der Waals surface area contributed by atoms with Gasteiger partial charge in [0, 0.05) is 10.6 Å². The molecule has 0 radical (unpaired) electrons. The summed E-state index contributed by atoms with van der Waals surface area (Å²) in [5.74, 6) is 0.211. The van der Waals surface area contributed by atoms with Crippen LogP contribution in [0.15, 0.2) is 23.3 Å². The Balaban J connectivity index is 2.17. The van der Waals surface area contributed by atoms with Crippen LogP contribution in [0.5, 0.6) is 0 Å². The third-order valence-electron chi connectivity index (χ3n) is 3.64. The molecule has 2 aromatic heterocycles. The van der Waals surface area contributed by atoms with E-state index in [1.165, 1.54) is 24.1 Å². The van der Waals surface area contributed by atoms with Crippen molar-refractivity contribution in [1.29, 1.82) is 0 Å². The Morgan fingerprint density at radius 3 is 2.67 bits per heavy atom. The second kappa shape index (κ2) is 4.92. The number of imidazole rings is 1. The summed E-state index contributed by atoms with van der Waals surface area (Å²) in [6, 6.07) is -0.787. The van der Waals surface area contributed by atoms with E-state index in [-0.39, 0.29) is 16.4 Å². The summed E-state index contributed by atoms with van der Waals surface area (Å²) < 4.78 is 1.51. The van der Waals surface area contributed by atoms with Crippen LogP contribution in [0.1, 0.15) is 13.0 Å². The van der Waals surface area contributed by atoms with Gasteiger partial charge in [-0.15, -0.1) is 0 Å². The predicted octanol–water partition coefficient (Wildman–Crippen LogP) is -0.441. The summed E-state index contributed by atoms with van der Waals surface area (Å²) >= 11 is 6.24. The maximum atomic E-state index is 10.2. The first kappa shape index (κ1) is 14.2. The minimum Gasteiger partial charge on any atom is -0.389 e. The van der Waals surface area contributed by atoms with Crippen LogP contribution in [0.4, 0.5) is 5.82 Å². The molecule has 0 saturated heterocycles. The summed E-state index contributed by atoms with van der Waals surface area (Å²) in [6.07, 6.45) is -0.735. The summed E-state index contributed by atoms with van der Waals surface area (Å²) in [5, 5.41) is 30.2. The Hall–Kier alpha value is -1.74. The van der Waals surface area contributed by atoms with Crippen molar-refractivity contribution >= 4 is 28.6 Å². The monoisotopic (exact) mass is 311 g/mol. The quantitative estimate of drug-likeness (QED) is 0.591. The van der Waals surface area contributed by atoms with Gasteiger partial charge < -0.3 is 25.6 Å². The molecule has 1 aliphatic carbocycles. The maximum Gasteiger partial charge on any atom is 0.166 e. The van der Waals surface area contributed by atoms with Crippen LogP contribution in [0.3, 0.4) is 0 Å². The summed E-state index contributed by atoms with van der Waals surface area (Å²) in [5.41, 5.74) is 6.68. The zero-order chi connectivity index (χ0) is 15.3. The molecule has 0 saturated carbocycles. The second-order valence-corrected chi connectivity index (χ2v) is 5.35. The normalized spacial score (nSPS) is 27.6. The van der Waals surface area contributed by atoms with E-state index in [9.17, 15) is 15.3 Å². The lowest BCUT2D eigenvalue weighted by molar-refractivity contribution is 0.0234. The molecule has 0 aromatic carbocycles. The van der Waals surface area contributed by atoms with Gasteiger partial charge in [0.15, 0.2) is 11.5 Å². The highest BCUT2D eigenvalue weighted by Crippen LogP contribution is 2.41. The van der Waals surface area contributed by atoms with Crippen molar-refractivity contribution in [1.82, 2.24) is 19.5 Å². The molecule has 5 N–H and O–H groups in total. The number of nitrogens with two attached hydrogens (primary N) is 1. The Morgan fingerprint density at radius 2 is 2.05 bits per heavy atom. The molecule has 0 spiro atoms. The topological polar surface area (TPSA) is 130 Å². The number of nitrogens with zero attached hydrogens (tertiary/aromatic N) is 4. The maximum absolute atomic E-state index is 10.2. The molecule has 0 amide bonds. The van der Waals surface area contributed by atoms with Gasteiger partial charge in [0.25, 0.3) is 0 Å². The van der Waals surface area contributed by atoms with Crippen LogP contribution in [-0.2, 0) is 0 Å². The number of aromatic nitrogens is 4. The minimum absolute atomic E-state index is 0.168. The lowest BCUT2D eigenvalue weighted by Gasteiger charge is -2.19. The predicted molar refractivity (Wildman–Crippen MR) is 75.3 cm³/mol. The molecule has 3 rings (SSSR count). The van der Waals surface area contributed by atoms with Crippen molar-refractivity contribution in [3.05, 3.63) is 23.3 Å². The standard InChI is InChI=1S/C12H14ClN5O3/c1-4(19)5-6(13)8(10(21)9(5)20)18-3-17-7-11(14)15-2-16-12(7)18/h2-4,8-10,19-21H,1H3,(H2,14,15,16). The number of anilines is 1.